The highest BCUT2D eigenvalue weighted by Crippen LogP contribution is 2.09. The first-order chi connectivity index (χ1) is 8.79. The normalized spacial score (nSPS) is 10.8. The van der Waals surface area contributed by atoms with Crippen LogP contribution in [0, 0.1) is 0 Å². The third-order valence-electron chi connectivity index (χ3n) is 2.91. The predicted octanol–water partition coefficient (Wildman–Crippen LogP) is 2.89. The van der Waals surface area contributed by atoms with Crippen molar-refractivity contribution in [1.29, 1.82) is 0 Å². The second-order valence-corrected chi connectivity index (χ2v) is 4.63. The summed E-state index contributed by atoms with van der Waals surface area (Å²) >= 11 is 5.85. The number of aromatic nitrogens is 2. The van der Waals surface area contributed by atoms with Crippen molar-refractivity contribution >= 4 is 11.6 Å². The van der Waals surface area contributed by atoms with Gasteiger partial charge in [0.05, 0.1) is 5.69 Å². The molecule has 1 aromatic heterocycles. The van der Waals surface area contributed by atoms with Crippen LogP contribution in [0.4, 0.5) is 0 Å². The first-order valence-electron chi connectivity index (χ1n) is 6.25. The van der Waals surface area contributed by atoms with Gasteiger partial charge < -0.3 is 5.32 Å². The molecule has 0 saturated carbocycles. The molecule has 2 aromatic rings. The first kappa shape index (κ1) is 13.1. The Morgan fingerprint density at radius 2 is 2.00 bits per heavy atom. The highest BCUT2D eigenvalue weighted by molar-refractivity contribution is 6.30. The molecule has 1 heterocycles. The van der Waals surface area contributed by atoms with Gasteiger partial charge in [0.15, 0.2) is 0 Å². The van der Waals surface area contributed by atoms with Crippen molar-refractivity contribution in [3.63, 3.8) is 0 Å². The van der Waals surface area contributed by atoms with Crippen molar-refractivity contribution in [2.24, 2.45) is 0 Å². The number of hydrogen-bond donors (Lipinski definition) is 1. The van der Waals surface area contributed by atoms with Crippen LogP contribution in [0.5, 0.6) is 0 Å². The number of aryl methyl sites for hydroxylation is 1. The molecule has 3 nitrogen and oxygen atoms in total. The Labute approximate surface area is 113 Å². The molecule has 0 spiro atoms. The quantitative estimate of drug-likeness (QED) is 0.813. The van der Waals surface area contributed by atoms with Crippen molar-refractivity contribution in [1.82, 2.24) is 15.1 Å². The van der Waals surface area contributed by atoms with E-state index in [-0.39, 0.29) is 0 Å². The lowest BCUT2D eigenvalue weighted by atomic mass is 10.1. The molecule has 2 rings (SSSR count). The van der Waals surface area contributed by atoms with Gasteiger partial charge in [0, 0.05) is 24.3 Å². The van der Waals surface area contributed by atoms with Crippen LogP contribution in [-0.4, -0.2) is 16.3 Å². The summed E-state index contributed by atoms with van der Waals surface area (Å²) in [5.41, 5.74) is 2.53. The van der Waals surface area contributed by atoms with Gasteiger partial charge in [-0.15, -0.1) is 0 Å². The molecule has 18 heavy (non-hydrogen) atoms. The average Bonchev–Trinajstić information content (AvgIpc) is 2.84. The van der Waals surface area contributed by atoms with Gasteiger partial charge in [0.2, 0.25) is 0 Å². The smallest absolute Gasteiger partial charge is 0.0521 e. The Balaban J connectivity index is 1.74. The van der Waals surface area contributed by atoms with Gasteiger partial charge >= 0.3 is 0 Å². The van der Waals surface area contributed by atoms with Crippen LogP contribution in [-0.2, 0) is 19.5 Å². The van der Waals surface area contributed by atoms with E-state index in [0.717, 1.165) is 31.1 Å². The molecule has 0 radical (unpaired) electrons. The summed E-state index contributed by atoms with van der Waals surface area (Å²) in [4.78, 5) is 0. The molecule has 0 atom stereocenters. The third kappa shape index (κ3) is 3.59. The van der Waals surface area contributed by atoms with Gasteiger partial charge in [0.25, 0.3) is 0 Å². The summed E-state index contributed by atoms with van der Waals surface area (Å²) in [5.74, 6) is 0. The number of nitrogens with one attached hydrogen (secondary N) is 1. The fourth-order valence-corrected chi connectivity index (χ4v) is 2.02. The minimum absolute atomic E-state index is 0.790. The molecule has 1 aromatic carbocycles. The minimum atomic E-state index is 0.790. The molecule has 96 valence electrons. The Morgan fingerprint density at radius 3 is 2.72 bits per heavy atom. The van der Waals surface area contributed by atoms with E-state index in [9.17, 15) is 0 Å². The number of halogens is 1. The second-order valence-electron chi connectivity index (χ2n) is 4.19. The van der Waals surface area contributed by atoms with Crippen LogP contribution in [0.15, 0.2) is 36.5 Å². The zero-order valence-electron chi connectivity index (χ0n) is 10.6. The van der Waals surface area contributed by atoms with E-state index in [0.29, 0.717) is 0 Å². The van der Waals surface area contributed by atoms with Crippen LogP contribution in [0.1, 0.15) is 18.2 Å². The summed E-state index contributed by atoms with van der Waals surface area (Å²) in [5, 5.41) is 8.47. The van der Waals surface area contributed by atoms with E-state index in [4.69, 9.17) is 11.6 Å². The van der Waals surface area contributed by atoms with E-state index in [1.54, 1.807) is 0 Å². The maximum Gasteiger partial charge on any atom is 0.0521 e. The van der Waals surface area contributed by atoms with Crippen molar-refractivity contribution in [2.75, 3.05) is 6.54 Å². The summed E-state index contributed by atoms with van der Waals surface area (Å²) in [7, 11) is 0. The minimum Gasteiger partial charge on any atom is -0.311 e. The first-order valence-corrected chi connectivity index (χ1v) is 6.63. The number of nitrogens with zero attached hydrogens (tertiary/aromatic N) is 2. The zero-order valence-corrected chi connectivity index (χ0v) is 11.3. The maximum atomic E-state index is 5.85. The molecule has 0 unspecified atom stereocenters. The topological polar surface area (TPSA) is 29.9 Å². The maximum absolute atomic E-state index is 5.85. The zero-order chi connectivity index (χ0) is 12.8. The van der Waals surface area contributed by atoms with Crippen molar-refractivity contribution in [2.45, 2.75) is 26.4 Å². The highest BCUT2D eigenvalue weighted by atomic mass is 35.5. The summed E-state index contributed by atoms with van der Waals surface area (Å²) < 4.78 is 2.01. The Kier molecular flexibility index (Phi) is 4.79. The Hall–Kier alpha value is -1.32. The Bertz CT molecular complexity index is 476. The fraction of sp³-hybridized carbons (Fsp3) is 0.357. The summed E-state index contributed by atoms with van der Waals surface area (Å²) in [6, 6.07) is 10.1. The van der Waals surface area contributed by atoms with E-state index in [1.165, 1.54) is 11.3 Å². The molecule has 0 bridgehead atoms. The number of benzene rings is 1. The molecular weight excluding hydrogens is 246 g/mol. The third-order valence-corrected chi connectivity index (χ3v) is 3.17. The summed E-state index contributed by atoms with van der Waals surface area (Å²) in [6.45, 7) is 4.84. The standard InChI is InChI=1S/C14H18ClN3/c1-2-18-14(8-10-17-18)11-16-9-7-12-3-5-13(15)6-4-12/h3-6,8,10,16H,2,7,9,11H2,1H3. The van der Waals surface area contributed by atoms with Crippen molar-refractivity contribution in [3.8, 4) is 0 Å². The predicted molar refractivity (Wildman–Crippen MR) is 74.8 cm³/mol. The molecule has 0 fully saturated rings. The highest BCUT2D eigenvalue weighted by Gasteiger charge is 1.99. The van der Waals surface area contributed by atoms with Crippen LogP contribution in [0.2, 0.25) is 5.02 Å². The van der Waals surface area contributed by atoms with Crippen molar-refractivity contribution in [3.05, 3.63) is 52.8 Å². The van der Waals surface area contributed by atoms with E-state index in [1.807, 2.05) is 23.0 Å². The van der Waals surface area contributed by atoms with Crippen molar-refractivity contribution < 1.29 is 0 Å². The molecule has 4 heteroatoms. The van der Waals surface area contributed by atoms with Gasteiger partial charge in [-0.1, -0.05) is 23.7 Å². The van der Waals surface area contributed by atoms with Crippen LogP contribution in [0.3, 0.4) is 0 Å². The largest absolute Gasteiger partial charge is 0.311 e. The lowest BCUT2D eigenvalue weighted by Crippen LogP contribution is -2.19. The average molecular weight is 264 g/mol. The molecule has 0 aliphatic heterocycles. The van der Waals surface area contributed by atoms with Gasteiger partial charge in [-0.05, 0) is 43.7 Å². The van der Waals surface area contributed by atoms with E-state index < -0.39 is 0 Å². The Morgan fingerprint density at radius 1 is 1.22 bits per heavy atom. The van der Waals surface area contributed by atoms with Crippen LogP contribution in [0.25, 0.3) is 0 Å². The lowest BCUT2D eigenvalue weighted by Gasteiger charge is -2.07. The number of rotatable bonds is 6. The van der Waals surface area contributed by atoms with E-state index in [2.05, 4.69) is 35.5 Å². The lowest BCUT2D eigenvalue weighted by molar-refractivity contribution is 0.582. The van der Waals surface area contributed by atoms with Gasteiger partial charge in [-0.2, -0.15) is 5.10 Å². The monoisotopic (exact) mass is 263 g/mol. The number of hydrogen-bond acceptors (Lipinski definition) is 2. The molecule has 1 N–H and O–H groups in total. The molecule has 0 aliphatic carbocycles. The van der Waals surface area contributed by atoms with Crippen LogP contribution >= 0.6 is 11.6 Å². The molecule has 0 saturated heterocycles. The second kappa shape index (κ2) is 6.57. The molecule has 0 amide bonds. The van der Waals surface area contributed by atoms with Crippen LogP contribution < -0.4 is 5.32 Å². The van der Waals surface area contributed by atoms with Gasteiger partial charge in [0.1, 0.15) is 0 Å². The molecule has 0 aliphatic rings. The fourth-order valence-electron chi connectivity index (χ4n) is 1.90. The van der Waals surface area contributed by atoms with E-state index >= 15 is 0 Å². The van der Waals surface area contributed by atoms with Gasteiger partial charge in [-0.25, -0.2) is 0 Å². The SMILES string of the molecule is CCn1nccc1CNCCc1ccc(Cl)cc1. The van der Waals surface area contributed by atoms with Gasteiger partial charge in [-0.3, -0.25) is 4.68 Å². The summed E-state index contributed by atoms with van der Waals surface area (Å²) in [6.07, 6.45) is 2.86. The molecular formula is C14H18ClN3.